The van der Waals surface area contributed by atoms with E-state index in [0.29, 0.717) is 11.3 Å². The number of carbonyl (C=O) groups is 2. The highest BCUT2D eigenvalue weighted by Crippen LogP contribution is 2.26. The lowest BCUT2D eigenvalue weighted by Crippen LogP contribution is -2.54. The van der Waals surface area contributed by atoms with Crippen molar-refractivity contribution in [3.05, 3.63) is 90.2 Å². The van der Waals surface area contributed by atoms with Gasteiger partial charge >= 0.3 is 0 Å². The quantitative estimate of drug-likeness (QED) is 0.401. The Balaban J connectivity index is 2.02. The lowest BCUT2D eigenvalue weighted by Gasteiger charge is -2.33. The Bertz CT molecular complexity index is 1370. The minimum atomic E-state index is -4.16. The Kier molecular flexibility index (Phi) is 9.34. The molecule has 39 heavy (non-hydrogen) atoms. The van der Waals surface area contributed by atoms with Crippen LogP contribution in [0.15, 0.2) is 83.8 Å². The van der Waals surface area contributed by atoms with E-state index >= 15 is 0 Å². The second-order valence-electron chi connectivity index (χ2n) is 10.1. The molecule has 2 amide bonds. The highest BCUT2D eigenvalue weighted by molar-refractivity contribution is 7.92. The van der Waals surface area contributed by atoms with Crippen LogP contribution in [0.4, 0.5) is 10.1 Å². The second kappa shape index (κ2) is 12.3. The molecule has 0 saturated carbocycles. The molecular weight excluding hydrogens is 521 g/mol. The lowest BCUT2D eigenvalue weighted by molar-refractivity contribution is -0.140. The standard InChI is InChI=1S/C29H34FN3O5S/c1-21(28(35)31-29(2,3)4)32(19-22-11-13-23(30)14-12-22)27(34)20-33(24-15-17-25(38-5)18-16-24)39(36,37)26-9-7-6-8-10-26/h6-18,21H,19-20H2,1-5H3,(H,31,35). The Morgan fingerprint density at radius 3 is 2.08 bits per heavy atom. The minimum Gasteiger partial charge on any atom is -0.497 e. The van der Waals surface area contributed by atoms with Crippen LogP contribution in [-0.2, 0) is 26.2 Å². The Morgan fingerprint density at radius 1 is 0.949 bits per heavy atom. The summed E-state index contributed by atoms with van der Waals surface area (Å²) in [6.07, 6.45) is 0. The molecule has 0 aromatic heterocycles. The minimum absolute atomic E-state index is 0.0113. The number of amides is 2. The highest BCUT2D eigenvalue weighted by Gasteiger charge is 2.33. The van der Waals surface area contributed by atoms with E-state index in [4.69, 9.17) is 4.74 Å². The summed E-state index contributed by atoms with van der Waals surface area (Å²) in [5, 5.41) is 2.86. The van der Waals surface area contributed by atoms with Crippen molar-refractivity contribution in [2.24, 2.45) is 0 Å². The van der Waals surface area contributed by atoms with Gasteiger partial charge in [-0.1, -0.05) is 30.3 Å². The number of nitrogens with one attached hydrogen (secondary N) is 1. The van der Waals surface area contributed by atoms with Crippen molar-refractivity contribution >= 4 is 27.5 Å². The zero-order valence-corrected chi connectivity index (χ0v) is 23.5. The number of anilines is 1. The van der Waals surface area contributed by atoms with Crippen molar-refractivity contribution in [1.82, 2.24) is 10.2 Å². The largest absolute Gasteiger partial charge is 0.497 e. The van der Waals surface area contributed by atoms with Gasteiger partial charge in [0.25, 0.3) is 10.0 Å². The molecule has 10 heteroatoms. The Morgan fingerprint density at radius 2 is 1.54 bits per heavy atom. The summed E-state index contributed by atoms with van der Waals surface area (Å²) in [6.45, 7) is 6.44. The number of ether oxygens (including phenoxy) is 1. The zero-order chi connectivity index (χ0) is 28.8. The van der Waals surface area contributed by atoms with Gasteiger partial charge in [0.15, 0.2) is 0 Å². The van der Waals surface area contributed by atoms with Crippen molar-refractivity contribution in [3.8, 4) is 5.75 Å². The van der Waals surface area contributed by atoms with E-state index in [0.717, 1.165) is 4.31 Å². The first-order valence-electron chi connectivity index (χ1n) is 12.4. The van der Waals surface area contributed by atoms with E-state index in [1.165, 1.54) is 48.4 Å². The normalized spacial score (nSPS) is 12.4. The maximum absolute atomic E-state index is 13.9. The molecule has 8 nitrogen and oxygen atoms in total. The smallest absolute Gasteiger partial charge is 0.264 e. The Labute approximate surface area is 229 Å². The molecule has 0 saturated heterocycles. The van der Waals surface area contributed by atoms with Crippen LogP contribution in [0.2, 0.25) is 0 Å². The average Bonchev–Trinajstić information content (AvgIpc) is 2.90. The molecule has 0 spiro atoms. The maximum atomic E-state index is 13.9. The van der Waals surface area contributed by atoms with Crippen molar-refractivity contribution in [1.29, 1.82) is 0 Å². The Hall–Kier alpha value is -3.92. The van der Waals surface area contributed by atoms with Crippen LogP contribution in [0, 0.1) is 5.82 Å². The predicted octanol–water partition coefficient (Wildman–Crippen LogP) is 4.36. The first-order valence-corrected chi connectivity index (χ1v) is 13.8. The van der Waals surface area contributed by atoms with Gasteiger partial charge in [-0.3, -0.25) is 13.9 Å². The summed E-state index contributed by atoms with van der Waals surface area (Å²) in [6, 6.07) is 18.7. The summed E-state index contributed by atoms with van der Waals surface area (Å²) in [4.78, 5) is 28.2. The molecule has 1 unspecified atom stereocenters. The van der Waals surface area contributed by atoms with Crippen LogP contribution in [0.25, 0.3) is 0 Å². The van der Waals surface area contributed by atoms with Gasteiger partial charge in [-0.15, -0.1) is 0 Å². The molecule has 3 aromatic carbocycles. The summed E-state index contributed by atoms with van der Waals surface area (Å²) < 4.78 is 47.2. The third-order valence-corrected chi connectivity index (χ3v) is 7.69. The number of methoxy groups -OCH3 is 1. The molecule has 0 aliphatic heterocycles. The first-order chi connectivity index (χ1) is 18.3. The number of nitrogens with zero attached hydrogens (tertiary/aromatic N) is 2. The molecule has 0 bridgehead atoms. The van der Waals surface area contributed by atoms with Gasteiger partial charge in [-0.2, -0.15) is 0 Å². The fourth-order valence-electron chi connectivity index (χ4n) is 3.84. The fourth-order valence-corrected chi connectivity index (χ4v) is 5.28. The van der Waals surface area contributed by atoms with Crippen LogP contribution in [0.3, 0.4) is 0 Å². The van der Waals surface area contributed by atoms with Gasteiger partial charge in [0, 0.05) is 12.1 Å². The van der Waals surface area contributed by atoms with Gasteiger partial charge in [0.1, 0.15) is 24.2 Å². The van der Waals surface area contributed by atoms with E-state index in [1.807, 2.05) is 20.8 Å². The molecule has 0 aliphatic carbocycles. The van der Waals surface area contributed by atoms with Crippen LogP contribution < -0.4 is 14.4 Å². The molecule has 0 aliphatic rings. The van der Waals surface area contributed by atoms with Crippen LogP contribution in [0.5, 0.6) is 5.75 Å². The third-order valence-electron chi connectivity index (χ3n) is 5.90. The van der Waals surface area contributed by atoms with Crippen molar-refractivity contribution in [2.75, 3.05) is 18.0 Å². The molecule has 1 atom stereocenters. The van der Waals surface area contributed by atoms with Crippen LogP contribution >= 0.6 is 0 Å². The van der Waals surface area contributed by atoms with E-state index < -0.39 is 45.8 Å². The predicted molar refractivity (Wildman–Crippen MR) is 148 cm³/mol. The second-order valence-corrected chi connectivity index (χ2v) is 11.9. The van der Waals surface area contributed by atoms with E-state index in [-0.39, 0.29) is 17.1 Å². The van der Waals surface area contributed by atoms with Gasteiger partial charge in [-0.05, 0) is 81.8 Å². The monoisotopic (exact) mass is 555 g/mol. The number of rotatable bonds is 10. The summed E-state index contributed by atoms with van der Waals surface area (Å²) in [5.74, 6) is -0.923. The number of hydrogen-bond donors (Lipinski definition) is 1. The SMILES string of the molecule is COc1ccc(N(CC(=O)N(Cc2ccc(F)cc2)C(C)C(=O)NC(C)(C)C)S(=O)(=O)c2ccccc2)cc1. The zero-order valence-electron chi connectivity index (χ0n) is 22.7. The number of hydrogen-bond acceptors (Lipinski definition) is 5. The molecule has 3 aromatic rings. The summed E-state index contributed by atoms with van der Waals surface area (Å²) in [5.41, 5.74) is 0.283. The summed E-state index contributed by atoms with van der Waals surface area (Å²) in [7, 11) is -2.67. The van der Waals surface area contributed by atoms with Crippen LogP contribution in [0.1, 0.15) is 33.3 Å². The molecule has 208 valence electrons. The van der Waals surface area contributed by atoms with E-state index in [1.54, 1.807) is 49.4 Å². The third kappa shape index (κ3) is 7.79. The van der Waals surface area contributed by atoms with E-state index in [9.17, 15) is 22.4 Å². The number of sulfonamides is 1. The van der Waals surface area contributed by atoms with Crippen molar-refractivity contribution in [3.63, 3.8) is 0 Å². The van der Waals surface area contributed by atoms with Gasteiger partial charge < -0.3 is 15.0 Å². The van der Waals surface area contributed by atoms with Gasteiger partial charge in [0.2, 0.25) is 11.8 Å². The molecular formula is C29H34FN3O5S. The molecule has 1 N–H and O–H groups in total. The van der Waals surface area contributed by atoms with Gasteiger partial charge in [0.05, 0.1) is 17.7 Å². The van der Waals surface area contributed by atoms with Gasteiger partial charge in [-0.25, -0.2) is 12.8 Å². The van der Waals surface area contributed by atoms with Crippen molar-refractivity contribution in [2.45, 2.75) is 50.7 Å². The number of carbonyl (C=O) groups excluding carboxylic acids is 2. The first kappa shape index (κ1) is 29.6. The average molecular weight is 556 g/mol. The lowest BCUT2D eigenvalue weighted by atomic mass is 10.1. The summed E-state index contributed by atoms with van der Waals surface area (Å²) >= 11 is 0. The molecule has 0 fully saturated rings. The fraction of sp³-hybridized carbons (Fsp3) is 0.310. The highest BCUT2D eigenvalue weighted by atomic mass is 32.2. The molecule has 0 heterocycles. The van der Waals surface area contributed by atoms with Crippen LogP contribution in [-0.4, -0.2) is 50.4 Å². The van der Waals surface area contributed by atoms with E-state index in [2.05, 4.69) is 5.32 Å². The topological polar surface area (TPSA) is 96.0 Å². The number of benzene rings is 3. The number of halogens is 1. The van der Waals surface area contributed by atoms with Crippen molar-refractivity contribution < 1.29 is 27.1 Å². The molecule has 3 rings (SSSR count). The maximum Gasteiger partial charge on any atom is 0.264 e. The molecule has 0 radical (unpaired) electrons.